The summed E-state index contributed by atoms with van der Waals surface area (Å²) in [5.41, 5.74) is 1.72. The van der Waals surface area contributed by atoms with E-state index in [1.807, 2.05) is 36.4 Å². The van der Waals surface area contributed by atoms with E-state index in [1.165, 1.54) is 5.06 Å². The molecule has 1 aliphatic rings. The molecule has 2 aromatic carbocycles. The first-order valence-electron chi connectivity index (χ1n) is 6.90. The lowest BCUT2D eigenvalue weighted by Crippen LogP contribution is -2.47. The molecule has 0 amide bonds. The van der Waals surface area contributed by atoms with Crippen molar-refractivity contribution < 1.29 is 5.21 Å². The van der Waals surface area contributed by atoms with Crippen molar-refractivity contribution in [2.45, 2.75) is 24.8 Å². The molecule has 1 radical (unpaired) electrons. The number of rotatable bonds is 2. The number of hydrogen-bond donors (Lipinski definition) is 0. The van der Waals surface area contributed by atoms with E-state index < -0.39 is 5.54 Å². The largest absolute Gasteiger partial charge is 0.140 e. The molecule has 1 saturated heterocycles. The van der Waals surface area contributed by atoms with Crippen LogP contribution in [0.25, 0.3) is 0 Å². The van der Waals surface area contributed by atoms with E-state index in [0.717, 1.165) is 30.4 Å². The van der Waals surface area contributed by atoms with Crippen molar-refractivity contribution in [1.29, 1.82) is 0 Å². The van der Waals surface area contributed by atoms with Crippen molar-refractivity contribution in [2.75, 3.05) is 6.54 Å². The highest BCUT2D eigenvalue weighted by molar-refractivity contribution is 5.38. The molecular weight excluding hydrogens is 234 g/mol. The van der Waals surface area contributed by atoms with E-state index in [2.05, 4.69) is 24.3 Å². The second kappa shape index (κ2) is 5.16. The molecule has 1 aliphatic heterocycles. The van der Waals surface area contributed by atoms with Crippen LogP contribution in [-0.2, 0) is 10.7 Å². The average Bonchev–Trinajstić information content (AvgIpc) is 2.50. The molecule has 2 nitrogen and oxygen atoms in total. The van der Waals surface area contributed by atoms with Crippen molar-refractivity contribution in [3.63, 3.8) is 0 Å². The van der Waals surface area contributed by atoms with Crippen molar-refractivity contribution in [3.8, 4) is 0 Å². The second-order valence-corrected chi connectivity index (χ2v) is 5.15. The zero-order valence-corrected chi connectivity index (χ0v) is 11.0. The summed E-state index contributed by atoms with van der Waals surface area (Å²) >= 11 is 0. The fourth-order valence-corrected chi connectivity index (χ4v) is 3.12. The SMILES string of the molecule is [O]N1CCCCC1(c1ccccc1)c1ccccc1. The van der Waals surface area contributed by atoms with E-state index in [-0.39, 0.29) is 0 Å². The van der Waals surface area contributed by atoms with Gasteiger partial charge in [-0.3, -0.25) is 0 Å². The van der Waals surface area contributed by atoms with Crippen molar-refractivity contribution in [1.82, 2.24) is 5.06 Å². The van der Waals surface area contributed by atoms with Gasteiger partial charge in [-0.2, -0.15) is 0 Å². The van der Waals surface area contributed by atoms with Crippen LogP contribution >= 0.6 is 0 Å². The van der Waals surface area contributed by atoms with E-state index >= 15 is 0 Å². The van der Waals surface area contributed by atoms with Crippen LogP contribution in [0.2, 0.25) is 0 Å². The predicted octanol–water partition coefficient (Wildman–Crippen LogP) is 3.76. The van der Waals surface area contributed by atoms with Gasteiger partial charge in [0.15, 0.2) is 0 Å². The van der Waals surface area contributed by atoms with E-state index in [4.69, 9.17) is 0 Å². The third kappa shape index (κ3) is 2.07. The Morgan fingerprint density at radius 3 is 1.79 bits per heavy atom. The van der Waals surface area contributed by atoms with Gasteiger partial charge in [-0.15, -0.1) is 10.3 Å². The summed E-state index contributed by atoms with van der Waals surface area (Å²) in [5.74, 6) is 0. The highest BCUT2D eigenvalue weighted by Crippen LogP contribution is 2.42. The molecule has 0 atom stereocenters. The molecule has 0 aliphatic carbocycles. The van der Waals surface area contributed by atoms with Crippen LogP contribution in [0, 0.1) is 0 Å². The van der Waals surface area contributed by atoms with Gasteiger partial charge in [-0.25, -0.2) is 0 Å². The highest BCUT2D eigenvalue weighted by atomic mass is 16.5. The molecule has 2 heteroatoms. The fourth-order valence-electron chi connectivity index (χ4n) is 3.12. The zero-order valence-electron chi connectivity index (χ0n) is 11.0. The minimum atomic E-state index is -0.499. The van der Waals surface area contributed by atoms with E-state index in [0.29, 0.717) is 6.54 Å². The Labute approximate surface area is 114 Å². The summed E-state index contributed by atoms with van der Waals surface area (Å²) in [6.07, 6.45) is 2.98. The Morgan fingerprint density at radius 1 is 0.789 bits per heavy atom. The zero-order chi connectivity index (χ0) is 13.1. The van der Waals surface area contributed by atoms with Gasteiger partial charge in [-0.05, 0) is 30.4 Å². The first kappa shape index (κ1) is 12.4. The summed E-state index contributed by atoms with van der Waals surface area (Å²) in [6, 6.07) is 20.4. The number of hydroxylamine groups is 2. The summed E-state index contributed by atoms with van der Waals surface area (Å²) < 4.78 is 0. The molecule has 0 spiro atoms. The molecule has 19 heavy (non-hydrogen) atoms. The summed E-state index contributed by atoms with van der Waals surface area (Å²) in [4.78, 5) is 0. The standard InChI is InChI=1S/C17H18NO/c19-18-14-8-7-13-17(18,15-9-3-1-4-10-15)16-11-5-2-6-12-16/h1-6,9-12H,7-8,13-14H2. The first-order chi connectivity index (χ1) is 9.34. The summed E-state index contributed by atoms with van der Waals surface area (Å²) in [5, 5.41) is 13.9. The number of nitrogens with zero attached hydrogens (tertiary/aromatic N) is 1. The second-order valence-electron chi connectivity index (χ2n) is 5.15. The molecule has 1 heterocycles. The maximum Gasteiger partial charge on any atom is 0.0991 e. The summed E-state index contributed by atoms with van der Waals surface area (Å²) in [7, 11) is 0. The smallest absolute Gasteiger partial charge is 0.0991 e. The Balaban J connectivity index is 2.16. The van der Waals surface area contributed by atoms with Gasteiger partial charge < -0.3 is 0 Å². The molecule has 0 bridgehead atoms. The van der Waals surface area contributed by atoms with Crippen molar-refractivity contribution in [2.24, 2.45) is 0 Å². The number of benzene rings is 2. The molecule has 0 N–H and O–H groups in total. The maximum absolute atomic E-state index is 12.6. The molecular formula is C17H18NO. The van der Waals surface area contributed by atoms with Crippen molar-refractivity contribution >= 4 is 0 Å². The molecule has 0 saturated carbocycles. The van der Waals surface area contributed by atoms with Crippen LogP contribution in [0.5, 0.6) is 0 Å². The normalized spacial score (nSPS) is 19.2. The minimum absolute atomic E-state index is 0.499. The Kier molecular flexibility index (Phi) is 3.36. The maximum atomic E-state index is 12.6. The third-order valence-corrected chi connectivity index (χ3v) is 4.08. The van der Waals surface area contributed by atoms with Crippen LogP contribution in [0.15, 0.2) is 60.7 Å². The fraction of sp³-hybridized carbons (Fsp3) is 0.294. The number of piperidine rings is 1. The molecule has 1 fully saturated rings. The lowest BCUT2D eigenvalue weighted by molar-refractivity contribution is -0.232. The molecule has 2 aromatic rings. The molecule has 97 valence electrons. The van der Waals surface area contributed by atoms with E-state index in [9.17, 15) is 5.21 Å². The predicted molar refractivity (Wildman–Crippen MR) is 74.9 cm³/mol. The summed E-state index contributed by atoms with van der Waals surface area (Å²) in [6.45, 7) is 0.615. The monoisotopic (exact) mass is 252 g/mol. The van der Waals surface area contributed by atoms with Gasteiger partial charge in [-0.1, -0.05) is 60.7 Å². The van der Waals surface area contributed by atoms with Gasteiger partial charge in [0.25, 0.3) is 0 Å². The number of hydrogen-bond acceptors (Lipinski definition) is 1. The molecule has 0 aromatic heterocycles. The first-order valence-corrected chi connectivity index (χ1v) is 6.90. The Hall–Kier alpha value is -1.64. The van der Waals surface area contributed by atoms with Gasteiger partial charge in [0.05, 0.1) is 5.54 Å². The highest BCUT2D eigenvalue weighted by Gasteiger charge is 2.42. The van der Waals surface area contributed by atoms with Crippen LogP contribution in [0.3, 0.4) is 0 Å². The van der Waals surface area contributed by atoms with Crippen LogP contribution in [0.4, 0.5) is 0 Å². The minimum Gasteiger partial charge on any atom is -0.140 e. The molecule has 3 rings (SSSR count). The Bertz CT molecular complexity index is 484. The van der Waals surface area contributed by atoms with Crippen LogP contribution in [0.1, 0.15) is 30.4 Å². The quantitative estimate of drug-likeness (QED) is 0.798. The van der Waals surface area contributed by atoms with Gasteiger partial charge >= 0.3 is 0 Å². The van der Waals surface area contributed by atoms with Crippen LogP contribution < -0.4 is 0 Å². The van der Waals surface area contributed by atoms with Gasteiger partial charge in [0.1, 0.15) is 0 Å². The van der Waals surface area contributed by atoms with Gasteiger partial charge in [0.2, 0.25) is 0 Å². The average molecular weight is 252 g/mol. The lowest BCUT2D eigenvalue weighted by Gasteiger charge is -2.43. The van der Waals surface area contributed by atoms with Gasteiger partial charge in [0, 0.05) is 6.54 Å². The third-order valence-electron chi connectivity index (χ3n) is 4.08. The Morgan fingerprint density at radius 2 is 1.32 bits per heavy atom. The van der Waals surface area contributed by atoms with E-state index in [1.54, 1.807) is 0 Å². The van der Waals surface area contributed by atoms with Crippen molar-refractivity contribution in [3.05, 3.63) is 71.8 Å². The topological polar surface area (TPSA) is 23.1 Å². The molecule has 0 unspecified atom stereocenters. The van der Waals surface area contributed by atoms with Crippen LogP contribution in [-0.4, -0.2) is 11.6 Å². The lowest BCUT2D eigenvalue weighted by atomic mass is 9.76.